The standard InChI is InChI=1S/C23H19N5OS/c1-3-13-27-22(29)18-11-7-8-12-20(18)25-23(27)30-15-21-19(14-24)16(2)26-28(21)17-9-5-4-6-10-17/h3-12H,1,13,15H2,2H3. The van der Waals surface area contributed by atoms with E-state index in [9.17, 15) is 10.1 Å². The van der Waals surface area contributed by atoms with E-state index in [1.165, 1.54) is 11.8 Å². The highest BCUT2D eigenvalue weighted by Crippen LogP contribution is 2.27. The van der Waals surface area contributed by atoms with Crippen LogP contribution < -0.4 is 5.56 Å². The summed E-state index contributed by atoms with van der Waals surface area (Å²) in [7, 11) is 0. The largest absolute Gasteiger partial charge is 0.283 e. The molecule has 0 spiro atoms. The Hall–Kier alpha value is -3.63. The van der Waals surface area contributed by atoms with Crippen molar-refractivity contribution in [2.45, 2.75) is 24.4 Å². The number of thioether (sulfide) groups is 1. The van der Waals surface area contributed by atoms with Crippen LogP contribution in [-0.2, 0) is 12.3 Å². The molecule has 6 nitrogen and oxygen atoms in total. The van der Waals surface area contributed by atoms with Crippen LogP contribution in [0.3, 0.4) is 0 Å². The molecule has 30 heavy (non-hydrogen) atoms. The lowest BCUT2D eigenvalue weighted by Gasteiger charge is -2.12. The Morgan fingerprint density at radius 1 is 1.17 bits per heavy atom. The quantitative estimate of drug-likeness (QED) is 0.268. The normalized spacial score (nSPS) is 10.8. The van der Waals surface area contributed by atoms with Crippen LogP contribution in [0, 0.1) is 18.3 Å². The summed E-state index contributed by atoms with van der Waals surface area (Å²) >= 11 is 1.41. The van der Waals surface area contributed by atoms with Crippen molar-refractivity contribution in [1.82, 2.24) is 19.3 Å². The second kappa shape index (κ2) is 8.39. The molecule has 2 aromatic heterocycles. The Bertz CT molecular complexity index is 1330. The minimum absolute atomic E-state index is 0.101. The van der Waals surface area contributed by atoms with E-state index in [0.29, 0.717) is 39.6 Å². The Kier molecular flexibility index (Phi) is 5.50. The summed E-state index contributed by atoms with van der Waals surface area (Å²) < 4.78 is 3.40. The molecule has 0 aliphatic carbocycles. The van der Waals surface area contributed by atoms with Crippen molar-refractivity contribution in [2.75, 3.05) is 0 Å². The van der Waals surface area contributed by atoms with Crippen LogP contribution in [0.1, 0.15) is 17.0 Å². The molecule has 0 aliphatic heterocycles. The van der Waals surface area contributed by atoms with Crippen molar-refractivity contribution in [1.29, 1.82) is 5.26 Å². The number of hydrogen-bond acceptors (Lipinski definition) is 5. The molecule has 0 fully saturated rings. The van der Waals surface area contributed by atoms with Gasteiger partial charge in [0.1, 0.15) is 6.07 Å². The molecule has 0 aliphatic rings. The van der Waals surface area contributed by atoms with Crippen LogP contribution >= 0.6 is 11.8 Å². The third kappa shape index (κ3) is 3.53. The Morgan fingerprint density at radius 2 is 1.90 bits per heavy atom. The first-order valence-electron chi connectivity index (χ1n) is 9.41. The van der Waals surface area contributed by atoms with E-state index in [4.69, 9.17) is 4.98 Å². The first-order chi connectivity index (χ1) is 14.6. The van der Waals surface area contributed by atoms with Gasteiger partial charge in [-0.1, -0.05) is 48.2 Å². The van der Waals surface area contributed by atoms with Gasteiger partial charge in [-0.05, 0) is 31.2 Å². The molecule has 2 heterocycles. The van der Waals surface area contributed by atoms with Crippen molar-refractivity contribution in [3.8, 4) is 11.8 Å². The fourth-order valence-electron chi connectivity index (χ4n) is 3.32. The lowest BCUT2D eigenvalue weighted by atomic mass is 10.2. The number of para-hydroxylation sites is 2. The van der Waals surface area contributed by atoms with Gasteiger partial charge in [-0.25, -0.2) is 9.67 Å². The van der Waals surface area contributed by atoms with E-state index < -0.39 is 0 Å². The van der Waals surface area contributed by atoms with Gasteiger partial charge >= 0.3 is 0 Å². The third-order valence-electron chi connectivity index (χ3n) is 4.74. The first kappa shape index (κ1) is 19.7. The van der Waals surface area contributed by atoms with Crippen LogP contribution in [0.5, 0.6) is 0 Å². The molecule has 0 atom stereocenters. The zero-order valence-electron chi connectivity index (χ0n) is 16.4. The molecule has 0 saturated heterocycles. The number of nitrogens with zero attached hydrogens (tertiary/aromatic N) is 5. The smallest absolute Gasteiger partial charge is 0.262 e. The Labute approximate surface area is 178 Å². The number of hydrogen-bond donors (Lipinski definition) is 0. The summed E-state index contributed by atoms with van der Waals surface area (Å²) in [5, 5.41) is 15.4. The van der Waals surface area contributed by atoms with E-state index in [2.05, 4.69) is 17.7 Å². The van der Waals surface area contributed by atoms with Gasteiger partial charge in [0.15, 0.2) is 5.16 Å². The summed E-state index contributed by atoms with van der Waals surface area (Å²) in [6.07, 6.45) is 1.68. The van der Waals surface area contributed by atoms with E-state index in [1.54, 1.807) is 21.4 Å². The molecule has 4 aromatic rings. The van der Waals surface area contributed by atoms with Gasteiger partial charge in [-0.15, -0.1) is 6.58 Å². The molecule has 2 aromatic carbocycles. The van der Waals surface area contributed by atoms with Crippen molar-refractivity contribution < 1.29 is 0 Å². The molecule has 148 valence electrons. The Balaban J connectivity index is 1.78. The third-order valence-corrected chi connectivity index (χ3v) is 5.73. The number of fused-ring (bicyclic) bond motifs is 1. The topological polar surface area (TPSA) is 76.5 Å². The average molecular weight is 414 g/mol. The zero-order valence-corrected chi connectivity index (χ0v) is 17.3. The maximum Gasteiger partial charge on any atom is 0.262 e. The molecule has 0 unspecified atom stereocenters. The highest BCUT2D eigenvalue weighted by Gasteiger charge is 2.18. The summed E-state index contributed by atoms with van der Waals surface area (Å²) in [6, 6.07) is 19.3. The number of rotatable bonds is 6. The zero-order chi connectivity index (χ0) is 21.1. The van der Waals surface area contributed by atoms with Crippen molar-refractivity contribution >= 4 is 22.7 Å². The van der Waals surface area contributed by atoms with Crippen LogP contribution in [0.15, 0.2) is 77.2 Å². The molecule has 0 N–H and O–H groups in total. The van der Waals surface area contributed by atoms with Crippen molar-refractivity contribution in [3.05, 3.63) is 94.6 Å². The van der Waals surface area contributed by atoms with Crippen LogP contribution in [0.4, 0.5) is 0 Å². The number of benzene rings is 2. The van der Waals surface area contributed by atoms with Crippen molar-refractivity contribution in [2.24, 2.45) is 0 Å². The van der Waals surface area contributed by atoms with E-state index in [1.807, 2.05) is 55.5 Å². The number of allylic oxidation sites excluding steroid dienone is 1. The second-order valence-corrected chi connectivity index (χ2v) is 7.61. The van der Waals surface area contributed by atoms with Gasteiger partial charge in [0.25, 0.3) is 5.56 Å². The van der Waals surface area contributed by atoms with Gasteiger partial charge < -0.3 is 0 Å². The average Bonchev–Trinajstić information content (AvgIpc) is 3.10. The minimum atomic E-state index is -0.101. The highest BCUT2D eigenvalue weighted by molar-refractivity contribution is 7.98. The van der Waals surface area contributed by atoms with Gasteiger partial charge in [-0.2, -0.15) is 10.4 Å². The Morgan fingerprint density at radius 3 is 2.63 bits per heavy atom. The summed E-state index contributed by atoms with van der Waals surface area (Å²) in [4.78, 5) is 17.7. The molecular formula is C23H19N5OS. The predicted molar refractivity (Wildman–Crippen MR) is 119 cm³/mol. The SMILES string of the molecule is C=CCn1c(SCc2c(C#N)c(C)nn2-c2ccccc2)nc2ccccc2c1=O. The van der Waals surface area contributed by atoms with Crippen molar-refractivity contribution in [3.63, 3.8) is 0 Å². The van der Waals surface area contributed by atoms with Gasteiger partial charge in [0, 0.05) is 12.3 Å². The molecule has 4 rings (SSSR count). The number of aryl methyl sites for hydroxylation is 1. The van der Waals surface area contributed by atoms with E-state index >= 15 is 0 Å². The van der Waals surface area contributed by atoms with E-state index in [-0.39, 0.29) is 5.56 Å². The fourth-order valence-corrected chi connectivity index (χ4v) is 4.33. The van der Waals surface area contributed by atoms with Crippen LogP contribution in [0.2, 0.25) is 0 Å². The molecule has 0 saturated carbocycles. The summed E-state index contributed by atoms with van der Waals surface area (Å²) in [5.74, 6) is 0.445. The second-order valence-electron chi connectivity index (χ2n) is 6.67. The van der Waals surface area contributed by atoms with Crippen LogP contribution in [0.25, 0.3) is 16.6 Å². The maximum atomic E-state index is 13.0. The molecule has 7 heteroatoms. The first-order valence-corrected chi connectivity index (χ1v) is 10.4. The fraction of sp³-hybridized carbons (Fsp3) is 0.130. The highest BCUT2D eigenvalue weighted by atomic mass is 32.2. The molecule has 0 radical (unpaired) electrons. The molecular weight excluding hydrogens is 394 g/mol. The number of aromatic nitrogens is 4. The summed E-state index contributed by atoms with van der Waals surface area (Å²) in [6.45, 7) is 5.96. The number of nitriles is 1. The minimum Gasteiger partial charge on any atom is -0.283 e. The predicted octanol–water partition coefficient (Wildman–Crippen LogP) is 4.24. The lowest BCUT2D eigenvalue weighted by Crippen LogP contribution is -2.22. The van der Waals surface area contributed by atoms with Gasteiger partial charge in [0.05, 0.1) is 33.5 Å². The van der Waals surface area contributed by atoms with Gasteiger partial charge in [0.2, 0.25) is 0 Å². The molecule has 0 bridgehead atoms. The van der Waals surface area contributed by atoms with Gasteiger partial charge in [-0.3, -0.25) is 9.36 Å². The van der Waals surface area contributed by atoms with Crippen LogP contribution in [-0.4, -0.2) is 19.3 Å². The molecule has 0 amide bonds. The monoisotopic (exact) mass is 413 g/mol. The maximum absolute atomic E-state index is 13.0. The lowest BCUT2D eigenvalue weighted by molar-refractivity contribution is 0.671. The van der Waals surface area contributed by atoms with E-state index in [0.717, 1.165) is 11.4 Å². The summed E-state index contributed by atoms with van der Waals surface area (Å²) in [5.41, 5.74) is 3.43.